The third-order valence-electron chi connectivity index (χ3n) is 4.27. The molecule has 2 rings (SSSR count). The Bertz CT molecular complexity index is 494. The molecule has 0 aromatic heterocycles. The van der Waals surface area contributed by atoms with Crippen molar-refractivity contribution in [2.24, 2.45) is 17.1 Å². The maximum Gasteiger partial charge on any atom is 0.249 e. The van der Waals surface area contributed by atoms with Crippen LogP contribution in [0.15, 0.2) is 18.2 Å². The molecule has 3 nitrogen and oxygen atoms in total. The average molecular weight is 260 g/mol. The van der Waals surface area contributed by atoms with Crippen LogP contribution in [0.2, 0.25) is 0 Å². The van der Waals surface area contributed by atoms with Crippen molar-refractivity contribution in [3.63, 3.8) is 0 Å². The van der Waals surface area contributed by atoms with Gasteiger partial charge in [0.1, 0.15) is 0 Å². The number of carbonyl (C=O) groups excluding carboxylic acids is 1. The quantitative estimate of drug-likeness (QED) is 0.875. The summed E-state index contributed by atoms with van der Waals surface area (Å²) in [6.45, 7) is 8.88. The Morgan fingerprint density at radius 1 is 1.37 bits per heavy atom. The minimum atomic E-state index is -0.360. The summed E-state index contributed by atoms with van der Waals surface area (Å²) in [5.41, 5.74) is 8.38. The number of hydrogen-bond acceptors (Lipinski definition) is 2. The second-order valence-corrected chi connectivity index (χ2v) is 6.64. The van der Waals surface area contributed by atoms with Crippen molar-refractivity contribution in [1.29, 1.82) is 0 Å². The number of benzene rings is 1. The van der Waals surface area contributed by atoms with Crippen LogP contribution in [-0.4, -0.2) is 11.9 Å². The highest BCUT2D eigenvalue weighted by Gasteiger charge is 2.36. The molecule has 2 atom stereocenters. The van der Waals surface area contributed by atoms with Crippen molar-refractivity contribution in [3.05, 3.63) is 29.3 Å². The lowest BCUT2D eigenvalue weighted by molar-refractivity contribution is 0.0999. The van der Waals surface area contributed by atoms with Gasteiger partial charge in [-0.3, -0.25) is 4.79 Å². The van der Waals surface area contributed by atoms with Crippen molar-refractivity contribution in [1.82, 2.24) is 0 Å². The first-order valence-electron chi connectivity index (χ1n) is 6.96. The second-order valence-electron chi connectivity index (χ2n) is 6.64. The molecule has 0 spiro atoms. The molecule has 3 heteroatoms. The Kier molecular flexibility index (Phi) is 3.57. The molecule has 0 bridgehead atoms. The standard InChI is InChI=1S/C16H24N2O/c1-10-8-16(3,4)9-14(10)18-13-7-5-6-12(11(13)2)15(17)19/h5-7,10,14,18H,8-9H2,1-4H3,(H2,17,19). The summed E-state index contributed by atoms with van der Waals surface area (Å²) in [6.07, 6.45) is 2.40. The van der Waals surface area contributed by atoms with Gasteiger partial charge in [0.25, 0.3) is 0 Å². The fourth-order valence-electron chi connectivity index (χ4n) is 3.35. The third kappa shape index (κ3) is 2.91. The van der Waals surface area contributed by atoms with Gasteiger partial charge in [0.15, 0.2) is 0 Å². The maximum atomic E-state index is 11.4. The lowest BCUT2D eigenvalue weighted by Crippen LogP contribution is -2.24. The number of primary amides is 1. The van der Waals surface area contributed by atoms with E-state index in [9.17, 15) is 4.79 Å². The molecule has 1 amide bonds. The number of nitrogens with two attached hydrogens (primary N) is 1. The van der Waals surface area contributed by atoms with E-state index in [1.54, 1.807) is 6.07 Å². The first-order valence-corrected chi connectivity index (χ1v) is 6.96. The fraction of sp³-hybridized carbons (Fsp3) is 0.562. The van der Waals surface area contributed by atoms with E-state index in [-0.39, 0.29) is 5.91 Å². The van der Waals surface area contributed by atoms with E-state index in [1.807, 2.05) is 19.1 Å². The van der Waals surface area contributed by atoms with Crippen LogP contribution in [0.25, 0.3) is 0 Å². The van der Waals surface area contributed by atoms with Gasteiger partial charge in [-0.05, 0) is 48.8 Å². The summed E-state index contributed by atoms with van der Waals surface area (Å²) in [4.78, 5) is 11.4. The van der Waals surface area contributed by atoms with E-state index in [0.29, 0.717) is 22.9 Å². The monoisotopic (exact) mass is 260 g/mol. The predicted octanol–water partition coefficient (Wildman–Crippen LogP) is 3.33. The van der Waals surface area contributed by atoms with Crippen molar-refractivity contribution in [2.75, 3.05) is 5.32 Å². The van der Waals surface area contributed by atoms with Gasteiger partial charge in [-0.15, -0.1) is 0 Å². The minimum Gasteiger partial charge on any atom is -0.382 e. The topological polar surface area (TPSA) is 55.1 Å². The molecule has 1 aromatic rings. The number of rotatable bonds is 3. The Hall–Kier alpha value is -1.51. The predicted molar refractivity (Wildman–Crippen MR) is 79.3 cm³/mol. The van der Waals surface area contributed by atoms with Gasteiger partial charge in [0.2, 0.25) is 5.91 Å². The Labute approximate surface area is 115 Å². The molecule has 1 fully saturated rings. The van der Waals surface area contributed by atoms with Gasteiger partial charge in [-0.25, -0.2) is 0 Å². The van der Waals surface area contributed by atoms with Crippen LogP contribution in [0.3, 0.4) is 0 Å². The van der Waals surface area contributed by atoms with Crippen LogP contribution < -0.4 is 11.1 Å². The van der Waals surface area contributed by atoms with Crippen LogP contribution in [0, 0.1) is 18.3 Å². The largest absolute Gasteiger partial charge is 0.382 e. The average Bonchev–Trinajstić information content (AvgIpc) is 2.54. The highest BCUT2D eigenvalue weighted by molar-refractivity contribution is 5.95. The molecule has 0 radical (unpaired) electrons. The first-order chi connectivity index (χ1) is 8.80. The summed E-state index contributed by atoms with van der Waals surface area (Å²) in [5.74, 6) is 0.285. The summed E-state index contributed by atoms with van der Waals surface area (Å²) in [5, 5.41) is 3.60. The summed E-state index contributed by atoms with van der Waals surface area (Å²) in [7, 11) is 0. The molecule has 1 aliphatic rings. The van der Waals surface area contributed by atoms with E-state index >= 15 is 0 Å². The van der Waals surface area contributed by atoms with Crippen LogP contribution in [0.1, 0.15) is 49.5 Å². The molecular formula is C16H24N2O. The van der Waals surface area contributed by atoms with Crippen molar-refractivity contribution < 1.29 is 4.79 Å². The zero-order chi connectivity index (χ0) is 14.2. The Morgan fingerprint density at radius 3 is 2.58 bits per heavy atom. The third-order valence-corrected chi connectivity index (χ3v) is 4.27. The van der Waals surface area contributed by atoms with E-state index < -0.39 is 0 Å². The van der Waals surface area contributed by atoms with Gasteiger partial charge in [-0.1, -0.05) is 26.8 Å². The first kappa shape index (κ1) is 13.9. The number of anilines is 1. The maximum absolute atomic E-state index is 11.4. The summed E-state index contributed by atoms with van der Waals surface area (Å²) >= 11 is 0. The number of amides is 1. The summed E-state index contributed by atoms with van der Waals surface area (Å²) in [6, 6.07) is 6.17. The van der Waals surface area contributed by atoms with Gasteiger partial charge in [-0.2, -0.15) is 0 Å². The molecule has 19 heavy (non-hydrogen) atoms. The van der Waals surface area contributed by atoms with Crippen LogP contribution >= 0.6 is 0 Å². The lowest BCUT2D eigenvalue weighted by Gasteiger charge is -2.21. The number of hydrogen-bond donors (Lipinski definition) is 2. The molecule has 0 saturated heterocycles. The van der Waals surface area contributed by atoms with Crippen molar-refractivity contribution in [2.45, 2.75) is 46.6 Å². The molecule has 104 valence electrons. The van der Waals surface area contributed by atoms with E-state index in [1.165, 1.54) is 6.42 Å². The minimum absolute atomic E-state index is 0.360. The highest BCUT2D eigenvalue weighted by Crippen LogP contribution is 2.42. The fourth-order valence-corrected chi connectivity index (χ4v) is 3.35. The van der Waals surface area contributed by atoms with Gasteiger partial charge < -0.3 is 11.1 Å². The van der Waals surface area contributed by atoms with E-state index in [4.69, 9.17) is 5.73 Å². The van der Waals surface area contributed by atoms with Crippen molar-refractivity contribution in [3.8, 4) is 0 Å². The lowest BCUT2D eigenvalue weighted by atomic mass is 9.91. The normalized spacial score (nSPS) is 25.3. The van der Waals surface area contributed by atoms with Crippen LogP contribution in [0.5, 0.6) is 0 Å². The van der Waals surface area contributed by atoms with Gasteiger partial charge in [0, 0.05) is 17.3 Å². The molecule has 1 aromatic carbocycles. The molecule has 3 N–H and O–H groups in total. The Balaban J connectivity index is 2.21. The summed E-state index contributed by atoms with van der Waals surface area (Å²) < 4.78 is 0. The van der Waals surface area contributed by atoms with E-state index in [2.05, 4.69) is 26.1 Å². The van der Waals surface area contributed by atoms with Crippen molar-refractivity contribution >= 4 is 11.6 Å². The van der Waals surface area contributed by atoms with E-state index in [0.717, 1.165) is 17.7 Å². The number of nitrogens with one attached hydrogen (secondary N) is 1. The van der Waals surface area contributed by atoms with Gasteiger partial charge >= 0.3 is 0 Å². The second kappa shape index (κ2) is 4.87. The SMILES string of the molecule is Cc1c(NC2CC(C)(C)CC2C)cccc1C(N)=O. The zero-order valence-electron chi connectivity index (χ0n) is 12.3. The van der Waals surface area contributed by atoms with Gasteiger partial charge in [0.05, 0.1) is 0 Å². The molecular weight excluding hydrogens is 236 g/mol. The zero-order valence-corrected chi connectivity index (χ0v) is 12.3. The Morgan fingerprint density at radius 2 is 2.05 bits per heavy atom. The number of carbonyl (C=O) groups is 1. The molecule has 1 saturated carbocycles. The highest BCUT2D eigenvalue weighted by atomic mass is 16.1. The van der Waals surface area contributed by atoms with Crippen LogP contribution in [-0.2, 0) is 0 Å². The van der Waals surface area contributed by atoms with Crippen LogP contribution in [0.4, 0.5) is 5.69 Å². The molecule has 0 aliphatic heterocycles. The molecule has 2 unspecified atom stereocenters. The molecule has 0 heterocycles. The molecule has 1 aliphatic carbocycles. The smallest absolute Gasteiger partial charge is 0.249 e.